The van der Waals surface area contributed by atoms with Crippen LogP contribution in [0.1, 0.15) is 27.2 Å². The number of nitrogens with zero attached hydrogens (tertiary/aromatic N) is 1. The maximum absolute atomic E-state index is 8.66. The Morgan fingerprint density at radius 2 is 2.00 bits per heavy atom. The summed E-state index contributed by atoms with van der Waals surface area (Å²) in [5.74, 6) is 0. The molecule has 0 heterocycles. The van der Waals surface area contributed by atoms with Gasteiger partial charge in [-0.2, -0.15) is 11.8 Å². The summed E-state index contributed by atoms with van der Waals surface area (Å²) in [5.41, 5.74) is 1.20. The Morgan fingerprint density at radius 3 is 2.18 bits per heavy atom. The van der Waals surface area contributed by atoms with Gasteiger partial charge < -0.3 is 5.21 Å². The second-order valence-corrected chi connectivity index (χ2v) is 5.07. The molecule has 1 atom stereocenters. The highest BCUT2D eigenvalue weighted by Gasteiger charge is 2.55. The van der Waals surface area contributed by atoms with E-state index < -0.39 is 0 Å². The molecule has 0 saturated heterocycles. The number of thioether (sulfide) groups is 1. The van der Waals surface area contributed by atoms with Gasteiger partial charge in [0.1, 0.15) is 0 Å². The molecule has 0 bridgehead atoms. The molecule has 11 heavy (non-hydrogen) atoms. The Labute approximate surface area is 72.1 Å². The van der Waals surface area contributed by atoms with E-state index in [4.69, 9.17) is 5.21 Å². The van der Waals surface area contributed by atoms with E-state index in [0.29, 0.717) is 0 Å². The van der Waals surface area contributed by atoms with Crippen molar-refractivity contribution in [1.82, 2.24) is 0 Å². The van der Waals surface area contributed by atoms with Gasteiger partial charge in [-0.25, -0.2) is 0 Å². The fraction of sp³-hybridized carbons (Fsp3) is 0.875. The van der Waals surface area contributed by atoms with Crippen molar-refractivity contribution in [3.63, 3.8) is 0 Å². The average Bonchev–Trinajstić information content (AvgIpc) is 1.98. The summed E-state index contributed by atoms with van der Waals surface area (Å²) in [6, 6.07) is 0. The van der Waals surface area contributed by atoms with E-state index in [1.165, 1.54) is 0 Å². The van der Waals surface area contributed by atoms with Gasteiger partial charge in [0.2, 0.25) is 0 Å². The van der Waals surface area contributed by atoms with Crippen molar-refractivity contribution >= 4 is 17.5 Å². The van der Waals surface area contributed by atoms with Gasteiger partial charge >= 0.3 is 0 Å². The van der Waals surface area contributed by atoms with E-state index in [1.807, 2.05) is 0 Å². The van der Waals surface area contributed by atoms with Gasteiger partial charge in [0, 0.05) is 0 Å². The topological polar surface area (TPSA) is 32.6 Å². The van der Waals surface area contributed by atoms with E-state index in [0.717, 1.165) is 12.1 Å². The van der Waals surface area contributed by atoms with Crippen LogP contribution in [0.3, 0.4) is 0 Å². The van der Waals surface area contributed by atoms with Crippen LogP contribution in [-0.2, 0) is 0 Å². The zero-order valence-corrected chi connectivity index (χ0v) is 8.33. The van der Waals surface area contributed by atoms with Gasteiger partial charge in [-0.3, -0.25) is 0 Å². The quantitative estimate of drug-likeness (QED) is 0.487. The number of hydrogen-bond acceptors (Lipinski definition) is 3. The second kappa shape index (κ2) is 2.41. The van der Waals surface area contributed by atoms with E-state index in [2.05, 4.69) is 32.2 Å². The highest BCUT2D eigenvalue weighted by Crippen LogP contribution is 2.54. The molecular formula is C8H15NOS. The molecule has 1 saturated carbocycles. The number of hydrogen-bond donors (Lipinski definition) is 1. The molecule has 1 aliphatic rings. The molecule has 0 aromatic rings. The first-order chi connectivity index (χ1) is 4.98. The van der Waals surface area contributed by atoms with Crippen LogP contribution in [0.25, 0.3) is 0 Å². The lowest BCUT2D eigenvalue weighted by atomic mass is 9.61. The van der Waals surface area contributed by atoms with Crippen molar-refractivity contribution in [2.75, 3.05) is 6.26 Å². The molecule has 0 aromatic carbocycles. The SMILES string of the molecule is CSC1(C)C(=NO)CC1(C)C. The molecule has 0 amide bonds. The van der Waals surface area contributed by atoms with Gasteiger partial charge in [0.15, 0.2) is 0 Å². The largest absolute Gasteiger partial charge is 0.411 e. The van der Waals surface area contributed by atoms with E-state index in [9.17, 15) is 0 Å². The minimum Gasteiger partial charge on any atom is -0.411 e. The summed E-state index contributed by atoms with van der Waals surface area (Å²) in [6.07, 6.45) is 2.98. The van der Waals surface area contributed by atoms with Crippen molar-refractivity contribution in [3.05, 3.63) is 0 Å². The second-order valence-electron chi connectivity index (χ2n) is 3.84. The first-order valence-corrected chi connectivity index (χ1v) is 4.97. The van der Waals surface area contributed by atoms with Crippen LogP contribution in [-0.4, -0.2) is 21.9 Å². The van der Waals surface area contributed by atoms with Gasteiger partial charge in [-0.15, -0.1) is 0 Å². The molecule has 2 nitrogen and oxygen atoms in total. The number of oxime groups is 1. The van der Waals surface area contributed by atoms with Crippen molar-refractivity contribution in [2.24, 2.45) is 10.6 Å². The fourth-order valence-corrected chi connectivity index (χ4v) is 2.54. The molecule has 0 spiro atoms. The standard InChI is InChI=1S/C8H15NOS/c1-7(2)5-6(9-10)8(7,3)11-4/h10H,5H2,1-4H3. The minimum absolute atomic E-state index is 0.0434. The summed E-state index contributed by atoms with van der Waals surface area (Å²) in [4.78, 5) is 0. The predicted molar refractivity (Wildman–Crippen MR) is 49.5 cm³/mol. The fourth-order valence-electron chi connectivity index (χ4n) is 1.56. The Balaban J connectivity index is 2.88. The smallest absolute Gasteiger partial charge is 0.0739 e. The summed E-state index contributed by atoms with van der Waals surface area (Å²) in [6.45, 7) is 6.55. The van der Waals surface area contributed by atoms with E-state index in [-0.39, 0.29) is 10.2 Å². The third-order valence-corrected chi connectivity index (χ3v) is 4.59. The van der Waals surface area contributed by atoms with Crippen molar-refractivity contribution in [2.45, 2.75) is 31.9 Å². The molecule has 64 valence electrons. The van der Waals surface area contributed by atoms with Crippen LogP contribution < -0.4 is 0 Å². The third kappa shape index (κ3) is 0.975. The third-order valence-electron chi connectivity index (χ3n) is 2.98. The first kappa shape index (κ1) is 8.91. The Morgan fingerprint density at radius 1 is 1.45 bits per heavy atom. The Kier molecular flexibility index (Phi) is 1.95. The minimum atomic E-state index is 0.0434. The molecular weight excluding hydrogens is 158 g/mol. The lowest BCUT2D eigenvalue weighted by Gasteiger charge is -2.53. The maximum Gasteiger partial charge on any atom is 0.0739 e. The lowest BCUT2D eigenvalue weighted by Crippen LogP contribution is -2.57. The maximum atomic E-state index is 8.66. The lowest BCUT2D eigenvalue weighted by molar-refractivity contribution is 0.242. The van der Waals surface area contributed by atoms with Crippen LogP contribution in [0.15, 0.2) is 5.16 Å². The summed E-state index contributed by atoms with van der Waals surface area (Å²) in [7, 11) is 0. The number of rotatable bonds is 1. The highest BCUT2D eigenvalue weighted by atomic mass is 32.2. The Bertz CT molecular complexity index is 200. The van der Waals surface area contributed by atoms with Crippen LogP contribution >= 0.6 is 11.8 Å². The molecule has 1 aliphatic carbocycles. The monoisotopic (exact) mass is 173 g/mol. The summed E-state index contributed by atoms with van der Waals surface area (Å²) < 4.78 is 0.0434. The van der Waals surface area contributed by atoms with Crippen LogP contribution in [0, 0.1) is 5.41 Å². The van der Waals surface area contributed by atoms with E-state index >= 15 is 0 Å². The average molecular weight is 173 g/mol. The summed E-state index contributed by atoms with van der Waals surface area (Å²) >= 11 is 1.76. The summed E-state index contributed by atoms with van der Waals surface area (Å²) in [5, 5.41) is 12.0. The predicted octanol–water partition coefficient (Wildman–Crippen LogP) is 2.37. The van der Waals surface area contributed by atoms with Crippen molar-refractivity contribution < 1.29 is 5.21 Å². The van der Waals surface area contributed by atoms with Crippen molar-refractivity contribution in [3.8, 4) is 0 Å². The van der Waals surface area contributed by atoms with E-state index in [1.54, 1.807) is 11.8 Å². The molecule has 1 fully saturated rings. The highest BCUT2D eigenvalue weighted by molar-refractivity contribution is 8.00. The van der Waals surface area contributed by atoms with Gasteiger partial charge in [-0.05, 0) is 25.0 Å². The Hall–Kier alpha value is -0.180. The van der Waals surface area contributed by atoms with Gasteiger partial charge in [0.25, 0.3) is 0 Å². The molecule has 0 aliphatic heterocycles. The molecule has 1 unspecified atom stereocenters. The first-order valence-electron chi connectivity index (χ1n) is 3.74. The zero-order chi connectivity index (χ0) is 8.70. The van der Waals surface area contributed by atoms with Gasteiger partial charge in [-0.1, -0.05) is 19.0 Å². The van der Waals surface area contributed by atoms with Crippen LogP contribution in [0.5, 0.6) is 0 Å². The van der Waals surface area contributed by atoms with Crippen LogP contribution in [0.2, 0.25) is 0 Å². The molecule has 1 N–H and O–H groups in total. The molecule has 0 radical (unpaired) electrons. The molecule has 0 aromatic heterocycles. The van der Waals surface area contributed by atoms with Gasteiger partial charge in [0.05, 0.1) is 10.5 Å². The molecule has 1 rings (SSSR count). The van der Waals surface area contributed by atoms with Crippen molar-refractivity contribution in [1.29, 1.82) is 0 Å². The normalized spacial score (nSPS) is 38.7. The zero-order valence-electron chi connectivity index (χ0n) is 7.51. The molecule has 3 heteroatoms. The van der Waals surface area contributed by atoms with Crippen LogP contribution in [0.4, 0.5) is 0 Å².